The number of nitrogens with one attached hydrogen (secondary N) is 3. The van der Waals surface area contributed by atoms with Crippen LogP contribution in [0.15, 0.2) is 41.4 Å². The summed E-state index contributed by atoms with van der Waals surface area (Å²) in [5, 5.41) is 9.90. The minimum Gasteiger partial charge on any atom is -0.493 e. The van der Waals surface area contributed by atoms with Crippen molar-refractivity contribution in [3.8, 4) is 11.5 Å². The molecule has 0 aromatic heterocycles. The van der Waals surface area contributed by atoms with Crippen molar-refractivity contribution in [2.45, 2.75) is 19.3 Å². The van der Waals surface area contributed by atoms with Gasteiger partial charge in [0.05, 0.1) is 29.8 Å². The number of thioether (sulfide) groups is 1. The molecule has 3 N–H and O–H groups in total. The van der Waals surface area contributed by atoms with Crippen LogP contribution < -0.4 is 25.4 Å². The zero-order valence-electron chi connectivity index (χ0n) is 16.1. The SMILES string of the molecule is COc1cc(NC2NC=C(C(=O)Nc3c(C)cccc3Cl)S2)cc(C)c1OC. The first kappa shape index (κ1) is 20.2. The van der Waals surface area contributed by atoms with E-state index in [4.69, 9.17) is 21.1 Å². The second-order valence-corrected chi connectivity index (χ2v) is 7.79. The monoisotopic (exact) mass is 419 g/mol. The van der Waals surface area contributed by atoms with Gasteiger partial charge >= 0.3 is 0 Å². The van der Waals surface area contributed by atoms with Crippen molar-refractivity contribution < 1.29 is 14.3 Å². The zero-order valence-corrected chi connectivity index (χ0v) is 17.6. The summed E-state index contributed by atoms with van der Waals surface area (Å²) in [5.41, 5.74) is 3.16. The van der Waals surface area contributed by atoms with Crippen molar-refractivity contribution in [3.63, 3.8) is 0 Å². The second-order valence-electron chi connectivity index (χ2n) is 6.23. The van der Waals surface area contributed by atoms with Gasteiger partial charge in [0.15, 0.2) is 11.5 Å². The van der Waals surface area contributed by atoms with E-state index in [-0.39, 0.29) is 11.4 Å². The molecule has 0 spiro atoms. The van der Waals surface area contributed by atoms with Crippen LogP contribution in [0.3, 0.4) is 0 Å². The highest BCUT2D eigenvalue weighted by atomic mass is 35.5. The summed E-state index contributed by atoms with van der Waals surface area (Å²) in [5.74, 6) is 1.14. The Morgan fingerprint density at radius 2 is 1.96 bits per heavy atom. The van der Waals surface area contributed by atoms with Gasteiger partial charge in [-0.3, -0.25) is 4.79 Å². The maximum Gasteiger partial charge on any atom is 0.263 e. The van der Waals surface area contributed by atoms with Gasteiger partial charge in [-0.2, -0.15) is 0 Å². The molecular formula is C20H22ClN3O3S. The average Bonchev–Trinajstić information content (AvgIpc) is 3.12. The van der Waals surface area contributed by atoms with Gasteiger partial charge in [-0.1, -0.05) is 35.5 Å². The molecule has 148 valence electrons. The third-order valence-corrected chi connectivity index (χ3v) is 5.62. The van der Waals surface area contributed by atoms with E-state index in [2.05, 4.69) is 16.0 Å². The number of halogens is 1. The Kier molecular flexibility index (Phi) is 6.26. The molecule has 0 radical (unpaired) electrons. The maximum atomic E-state index is 12.6. The third kappa shape index (κ3) is 4.31. The molecule has 1 unspecified atom stereocenters. The van der Waals surface area contributed by atoms with Gasteiger partial charge < -0.3 is 25.4 Å². The summed E-state index contributed by atoms with van der Waals surface area (Å²) in [6.07, 6.45) is 1.69. The van der Waals surface area contributed by atoms with Gasteiger partial charge in [0.1, 0.15) is 5.50 Å². The maximum absolute atomic E-state index is 12.6. The Bertz CT molecular complexity index is 913. The lowest BCUT2D eigenvalue weighted by Gasteiger charge is -2.18. The molecular weight excluding hydrogens is 398 g/mol. The summed E-state index contributed by atoms with van der Waals surface area (Å²) < 4.78 is 10.8. The Hall–Kier alpha value is -2.51. The smallest absolute Gasteiger partial charge is 0.263 e. The molecule has 6 nitrogen and oxygen atoms in total. The number of hydrogen-bond acceptors (Lipinski definition) is 6. The quantitative estimate of drug-likeness (QED) is 0.641. The van der Waals surface area contributed by atoms with Crippen molar-refractivity contribution in [1.82, 2.24) is 5.32 Å². The van der Waals surface area contributed by atoms with Crippen molar-refractivity contribution in [2.24, 2.45) is 0 Å². The summed E-state index contributed by atoms with van der Waals surface area (Å²) in [6.45, 7) is 3.85. The number of carbonyl (C=O) groups is 1. The van der Waals surface area contributed by atoms with Gasteiger partial charge in [0, 0.05) is 18.0 Å². The number of amides is 1. The number of para-hydroxylation sites is 1. The summed E-state index contributed by atoms with van der Waals surface area (Å²) in [7, 11) is 3.21. The van der Waals surface area contributed by atoms with Crippen LogP contribution in [0, 0.1) is 13.8 Å². The number of hydrogen-bond donors (Lipinski definition) is 3. The van der Waals surface area contributed by atoms with Crippen LogP contribution in [-0.2, 0) is 4.79 Å². The van der Waals surface area contributed by atoms with Gasteiger partial charge in [-0.25, -0.2) is 0 Å². The van der Waals surface area contributed by atoms with Crippen LogP contribution in [0.1, 0.15) is 11.1 Å². The van der Waals surface area contributed by atoms with E-state index in [9.17, 15) is 4.79 Å². The Morgan fingerprint density at radius 1 is 1.18 bits per heavy atom. The predicted octanol–water partition coefficient (Wildman–Crippen LogP) is 4.49. The van der Waals surface area contributed by atoms with Crippen LogP contribution in [0.4, 0.5) is 11.4 Å². The molecule has 1 amide bonds. The van der Waals surface area contributed by atoms with Crippen LogP contribution in [0.5, 0.6) is 11.5 Å². The molecule has 1 aliphatic heterocycles. The first-order valence-corrected chi connectivity index (χ1v) is 9.87. The number of aryl methyl sites for hydroxylation is 2. The lowest BCUT2D eigenvalue weighted by atomic mass is 10.2. The van der Waals surface area contributed by atoms with Crippen molar-refractivity contribution in [2.75, 3.05) is 24.9 Å². The lowest BCUT2D eigenvalue weighted by Crippen LogP contribution is -2.25. The minimum absolute atomic E-state index is 0.189. The zero-order chi connectivity index (χ0) is 20.3. The van der Waals surface area contributed by atoms with Crippen LogP contribution >= 0.6 is 23.4 Å². The topological polar surface area (TPSA) is 71.6 Å². The first-order chi connectivity index (χ1) is 13.4. The fourth-order valence-corrected chi connectivity index (χ4v) is 4.04. The number of benzene rings is 2. The molecule has 0 saturated carbocycles. The molecule has 2 aromatic rings. The highest BCUT2D eigenvalue weighted by molar-refractivity contribution is 8.04. The van der Waals surface area contributed by atoms with Gasteiger partial charge in [0.25, 0.3) is 5.91 Å². The number of carbonyl (C=O) groups excluding carboxylic acids is 1. The highest BCUT2D eigenvalue weighted by Crippen LogP contribution is 2.36. The molecule has 0 saturated heterocycles. The summed E-state index contributed by atoms with van der Waals surface area (Å²) >= 11 is 7.58. The molecule has 0 bridgehead atoms. The normalized spacial score (nSPS) is 15.5. The highest BCUT2D eigenvalue weighted by Gasteiger charge is 2.24. The molecule has 3 rings (SSSR count). The predicted molar refractivity (Wildman–Crippen MR) is 115 cm³/mol. The van der Waals surface area contributed by atoms with Crippen LogP contribution in [0.2, 0.25) is 5.02 Å². The van der Waals surface area contributed by atoms with E-state index in [1.54, 1.807) is 26.5 Å². The van der Waals surface area contributed by atoms with E-state index >= 15 is 0 Å². The van der Waals surface area contributed by atoms with Crippen LogP contribution in [0.25, 0.3) is 0 Å². The van der Waals surface area contributed by atoms with E-state index in [1.807, 2.05) is 38.1 Å². The standard InChI is InChI=1S/C20H22ClN3O3S/c1-11-6-5-7-14(21)17(11)24-19(25)16-10-22-20(28-16)23-13-8-12(2)18(27-4)15(9-13)26-3/h5-10,20,22-23H,1-4H3,(H,24,25). The molecule has 1 heterocycles. The van der Waals surface area contributed by atoms with Crippen molar-refractivity contribution >= 4 is 40.6 Å². The fourth-order valence-electron chi connectivity index (χ4n) is 2.89. The third-order valence-electron chi connectivity index (χ3n) is 4.26. The second kappa shape index (κ2) is 8.67. The van der Waals surface area contributed by atoms with Crippen LogP contribution in [-0.4, -0.2) is 25.6 Å². The molecule has 28 heavy (non-hydrogen) atoms. The Balaban J connectivity index is 1.65. The fraction of sp³-hybridized carbons (Fsp3) is 0.250. The number of methoxy groups -OCH3 is 2. The van der Waals surface area contributed by atoms with E-state index in [1.165, 1.54) is 11.8 Å². The minimum atomic E-state index is -0.207. The average molecular weight is 420 g/mol. The number of ether oxygens (including phenoxy) is 2. The van der Waals surface area contributed by atoms with Gasteiger partial charge in [0.2, 0.25) is 0 Å². The molecule has 8 heteroatoms. The molecule has 0 fully saturated rings. The molecule has 1 aliphatic rings. The van der Waals surface area contributed by atoms with Crippen molar-refractivity contribution in [1.29, 1.82) is 0 Å². The van der Waals surface area contributed by atoms with E-state index in [0.717, 1.165) is 16.8 Å². The number of anilines is 2. The molecule has 1 atom stereocenters. The molecule has 2 aromatic carbocycles. The van der Waals surface area contributed by atoms with E-state index in [0.29, 0.717) is 27.1 Å². The number of rotatable bonds is 6. The largest absolute Gasteiger partial charge is 0.493 e. The first-order valence-electron chi connectivity index (χ1n) is 8.61. The van der Waals surface area contributed by atoms with Gasteiger partial charge in [-0.15, -0.1) is 0 Å². The summed E-state index contributed by atoms with van der Waals surface area (Å²) in [6, 6.07) is 9.33. The molecule has 0 aliphatic carbocycles. The summed E-state index contributed by atoms with van der Waals surface area (Å²) in [4.78, 5) is 13.2. The van der Waals surface area contributed by atoms with Gasteiger partial charge in [-0.05, 0) is 37.1 Å². The Labute approximate surface area is 173 Å². The Morgan fingerprint density at radius 3 is 2.64 bits per heavy atom. The van der Waals surface area contributed by atoms with Crippen molar-refractivity contribution in [3.05, 3.63) is 57.6 Å². The lowest BCUT2D eigenvalue weighted by molar-refractivity contribution is -0.112. The van der Waals surface area contributed by atoms with E-state index < -0.39 is 0 Å².